The molecule has 164 valence electrons. The van der Waals surface area contributed by atoms with Crippen molar-refractivity contribution in [1.82, 2.24) is 14.9 Å². The zero-order chi connectivity index (χ0) is 22.5. The predicted molar refractivity (Wildman–Crippen MR) is 125 cm³/mol. The highest BCUT2D eigenvalue weighted by molar-refractivity contribution is 5.86. The zero-order valence-corrected chi connectivity index (χ0v) is 18.5. The topological polar surface area (TPSA) is 65.4 Å². The average molecular weight is 430 g/mol. The Kier molecular flexibility index (Phi) is 6.40. The molecule has 1 atom stereocenters. The van der Waals surface area contributed by atoms with Crippen molar-refractivity contribution in [3.8, 4) is 11.5 Å². The number of hydrogen-bond donors (Lipinski definition) is 1. The van der Waals surface area contributed by atoms with Gasteiger partial charge in [0.15, 0.2) is 0 Å². The number of fused-ring (bicyclic) bond motifs is 1. The van der Waals surface area contributed by atoms with E-state index < -0.39 is 0 Å². The molecule has 2 aromatic carbocycles. The molecule has 0 aliphatic carbocycles. The van der Waals surface area contributed by atoms with Crippen LogP contribution in [-0.4, -0.2) is 29.7 Å². The number of para-hydroxylation sites is 1. The molecule has 2 heterocycles. The van der Waals surface area contributed by atoms with Crippen molar-refractivity contribution in [1.29, 1.82) is 0 Å². The molecule has 32 heavy (non-hydrogen) atoms. The number of nitrogens with zero attached hydrogens (tertiary/aromatic N) is 2. The SMILES string of the molecule is COc1cc(OC)cc(C(CC(=O)NCc2ccccn2)c2cn(C)c3ccccc23)c1. The number of aromatic nitrogens is 2. The minimum Gasteiger partial charge on any atom is -0.497 e. The molecule has 0 aliphatic heterocycles. The van der Waals surface area contributed by atoms with Gasteiger partial charge in [-0.3, -0.25) is 9.78 Å². The molecule has 1 unspecified atom stereocenters. The van der Waals surface area contributed by atoms with E-state index in [0.29, 0.717) is 18.0 Å². The maximum Gasteiger partial charge on any atom is 0.221 e. The summed E-state index contributed by atoms with van der Waals surface area (Å²) in [5.41, 5.74) is 4.00. The fourth-order valence-corrected chi connectivity index (χ4v) is 4.04. The normalized spacial score (nSPS) is 11.8. The second-order valence-electron chi connectivity index (χ2n) is 7.71. The number of ether oxygens (including phenoxy) is 2. The number of pyridine rings is 1. The highest BCUT2D eigenvalue weighted by Crippen LogP contribution is 2.37. The summed E-state index contributed by atoms with van der Waals surface area (Å²) in [4.78, 5) is 17.3. The molecule has 2 aromatic heterocycles. The second-order valence-corrected chi connectivity index (χ2v) is 7.71. The summed E-state index contributed by atoms with van der Waals surface area (Å²) < 4.78 is 13.1. The summed E-state index contributed by atoms with van der Waals surface area (Å²) in [5.74, 6) is 1.17. The lowest BCUT2D eigenvalue weighted by Crippen LogP contribution is -2.25. The van der Waals surface area contributed by atoms with E-state index >= 15 is 0 Å². The number of carbonyl (C=O) groups excluding carboxylic acids is 1. The Morgan fingerprint density at radius 3 is 2.44 bits per heavy atom. The van der Waals surface area contributed by atoms with Gasteiger partial charge in [0.1, 0.15) is 11.5 Å². The molecule has 0 bridgehead atoms. The number of nitrogens with one attached hydrogen (secondary N) is 1. The van der Waals surface area contributed by atoms with Crippen molar-refractivity contribution in [3.63, 3.8) is 0 Å². The lowest BCUT2D eigenvalue weighted by Gasteiger charge is -2.19. The first-order valence-corrected chi connectivity index (χ1v) is 10.5. The first kappa shape index (κ1) is 21.4. The van der Waals surface area contributed by atoms with Crippen LogP contribution in [0.4, 0.5) is 0 Å². The van der Waals surface area contributed by atoms with E-state index in [4.69, 9.17) is 9.47 Å². The Labute approximate surface area is 187 Å². The number of aryl methyl sites for hydroxylation is 1. The molecular formula is C26H27N3O3. The van der Waals surface area contributed by atoms with Gasteiger partial charge in [0.2, 0.25) is 5.91 Å². The van der Waals surface area contributed by atoms with Gasteiger partial charge < -0.3 is 19.4 Å². The standard InChI is InChI=1S/C26H27N3O3/c1-29-17-24(22-9-4-5-10-25(22)29)23(18-12-20(31-2)14-21(13-18)32-3)15-26(30)28-16-19-8-6-7-11-27-19/h4-14,17,23H,15-16H2,1-3H3,(H,28,30). The fourth-order valence-electron chi connectivity index (χ4n) is 4.04. The van der Waals surface area contributed by atoms with Crippen LogP contribution in [0.5, 0.6) is 11.5 Å². The monoisotopic (exact) mass is 429 g/mol. The molecule has 6 heteroatoms. The van der Waals surface area contributed by atoms with Gasteiger partial charge in [-0.15, -0.1) is 0 Å². The van der Waals surface area contributed by atoms with Crippen LogP contribution < -0.4 is 14.8 Å². The lowest BCUT2D eigenvalue weighted by atomic mass is 9.87. The Balaban J connectivity index is 1.71. The number of amides is 1. The van der Waals surface area contributed by atoms with Crippen molar-refractivity contribution in [2.75, 3.05) is 14.2 Å². The molecule has 0 aliphatic rings. The summed E-state index contributed by atoms with van der Waals surface area (Å²) in [6.07, 6.45) is 4.12. The van der Waals surface area contributed by atoms with Gasteiger partial charge in [-0.1, -0.05) is 24.3 Å². The van der Waals surface area contributed by atoms with Gasteiger partial charge in [0, 0.05) is 48.7 Å². The van der Waals surface area contributed by atoms with Gasteiger partial charge in [-0.25, -0.2) is 0 Å². The van der Waals surface area contributed by atoms with Crippen LogP contribution in [0, 0.1) is 0 Å². The smallest absolute Gasteiger partial charge is 0.221 e. The number of benzene rings is 2. The Bertz CT molecular complexity index is 1200. The van der Waals surface area contributed by atoms with Gasteiger partial charge in [0.05, 0.1) is 26.5 Å². The van der Waals surface area contributed by atoms with Crippen LogP contribution in [0.15, 0.2) is 73.1 Å². The van der Waals surface area contributed by atoms with E-state index in [9.17, 15) is 4.79 Å². The van der Waals surface area contributed by atoms with Gasteiger partial charge in [0.25, 0.3) is 0 Å². The molecule has 4 aromatic rings. The molecule has 0 radical (unpaired) electrons. The van der Waals surface area contributed by atoms with E-state index in [2.05, 4.69) is 33.2 Å². The molecule has 0 fully saturated rings. The number of hydrogen-bond acceptors (Lipinski definition) is 4. The van der Waals surface area contributed by atoms with E-state index in [0.717, 1.165) is 27.7 Å². The number of methoxy groups -OCH3 is 2. The quantitative estimate of drug-likeness (QED) is 0.450. The highest BCUT2D eigenvalue weighted by atomic mass is 16.5. The minimum absolute atomic E-state index is 0.0460. The van der Waals surface area contributed by atoms with E-state index in [-0.39, 0.29) is 18.2 Å². The molecular weight excluding hydrogens is 402 g/mol. The summed E-state index contributed by atoms with van der Waals surface area (Å²) in [6.45, 7) is 0.392. The summed E-state index contributed by atoms with van der Waals surface area (Å²) in [7, 11) is 5.28. The average Bonchev–Trinajstić information content (AvgIpc) is 3.17. The van der Waals surface area contributed by atoms with E-state index in [1.165, 1.54) is 0 Å². The van der Waals surface area contributed by atoms with Crippen molar-refractivity contribution in [2.24, 2.45) is 7.05 Å². The van der Waals surface area contributed by atoms with Crippen molar-refractivity contribution in [3.05, 3.63) is 89.9 Å². The highest BCUT2D eigenvalue weighted by Gasteiger charge is 2.23. The molecule has 0 saturated heterocycles. The summed E-state index contributed by atoms with van der Waals surface area (Å²) >= 11 is 0. The van der Waals surface area contributed by atoms with Crippen LogP contribution in [0.3, 0.4) is 0 Å². The molecule has 0 saturated carbocycles. The van der Waals surface area contributed by atoms with Crippen LogP contribution in [0.25, 0.3) is 10.9 Å². The van der Waals surface area contributed by atoms with Crippen LogP contribution in [0.1, 0.15) is 29.2 Å². The van der Waals surface area contributed by atoms with Crippen LogP contribution in [-0.2, 0) is 18.4 Å². The summed E-state index contributed by atoms with van der Waals surface area (Å²) in [6, 6.07) is 19.7. The third-order valence-corrected chi connectivity index (χ3v) is 5.66. The van der Waals surface area contributed by atoms with Crippen molar-refractivity contribution in [2.45, 2.75) is 18.9 Å². The van der Waals surface area contributed by atoms with Gasteiger partial charge in [-0.2, -0.15) is 0 Å². The van der Waals surface area contributed by atoms with E-state index in [1.54, 1.807) is 20.4 Å². The Hall–Kier alpha value is -3.80. The third kappa shape index (κ3) is 4.59. The maximum atomic E-state index is 13.0. The molecule has 1 N–H and O–H groups in total. The van der Waals surface area contributed by atoms with E-state index in [1.807, 2.05) is 55.6 Å². The third-order valence-electron chi connectivity index (χ3n) is 5.66. The van der Waals surface area contributed by atoms with Crippen LogP contribution >= 0.6 is 0 Å². The van der Waals surface area contributed by atoms with Crippen molar-refractivity contribution < 1.29 is 14.3 Å². The lowest BCUT2D eigenvalue weighted by molar-refractivity contribution is -0.121. The summed E-state index contributed by atoms with van der Waals surface area (Å²) in [5, 5.41) is 4.13. The molecule has 6 nitrogen and oxygen atoms in total. The van der Waals surface area contributed by atoms with Crippen LogP contribution in [0.2, 0.25) is 0 Å². The second kappa shape index (κ2) is 9.56. The number of carbonyl (C=O) groups is 1. The largest absolute Gasteiger partial charge is 0.497 e. The van der Waals surface area contributed by atoms with Gasteiger partial charge in [-0.05, 0) is 41.5 Å². The predicted octanol–water partition coefficient (Wildman–Crippen LogP) is 4.43. The minimum atomic E-state index is -0.172. The number of rotatable bonds is 8. The molecule has 1 amide bonds. The Morgan fingerprint density at radius 1 is 1.03 bits per heavy atom. The molecule has 0 spiro atoms. The maximum absolute atomic E-state index is 13.0. The van der Waals surface area contributed by atoms with Gasteiger partial charge >= 0.3 is 0 Å². The van der Waals surface area contributed by atoms with Crippen molar-refractivity contribution >= 4 is 16.8 Å². The first-order chi connectivity index (χ1) is 15.6. The Morgan fingerprint density at radius 2 is 1.75 bits per heavy atom. The molecule has 4 rings (SSSR count). The first-order valence-electron chi connectivity index (χ1n) is 10.5. The fraction of sp³-hybridized carbons (Fsp3) is 0.231. The zero-order valence-electron chi connectivity index (χ0n) is 18.5.